The Bertz CT molecular complexity index is 936. The molecule has 3 N–H and O–H groups in total. The minimum Gasteiger partial charge on any atom is -0.396 e. The zero-order valence-electron chi connectivity index (χ0n) is 13.4. The summed E-state index contributed by atoms with van der Waals surface area (Å²) in [7, 11) is 0. The predicted molar refractivity (Wildman–Crippen MR) is 100 cm³/mol. The van der Waals surface area contributed by atoms with Gasteiger partial charge in [0.15, 0.2) is 0 Å². The monoisotopic (exact) mass is 380 g/mol. The molecule has 3 rings (SSSR count). The summed E-state index contributed by atoms with van der Waals surface area (Å²) >= 11 is 11.9. The molecule has 0 saturated carbocycles. The number of aromatic nitrogens is 3. The van der Waals surface area contributed by atoms with Crippen molar-refractivity contribution >= 4 is 40.1 Å². The number of nitrogens with one attached hydrogen (secondary N) is 2. The molecule has 6 nitrogen and oxygen atoms in total. The van der Waals surface area contributed by atoms with Gasteiger partial charge in [-0.2, -0.15) is 0 Å². The van der Waals surface area contributed by atoms with Crippen LogP contribution in [0.25, 0.3) is 11.0 Å². The van der Waals surface area contributed by atoms with Crippen LogP contribution in [-0.4, -0.2) is 26.2 Å². The van der Waals surface area contributed by atoms with Crippen LogP contribution >= 0.6 is 23.2 Å². The van der Waals surface area contributed by atoms with Crippen LogP contribution in [-0.2, 0) is 13.1 Å². The number of aliphatic hydroxyl groups excluding tert-OH is 1. The Morgan fingerprint density at radius 1 is 1.20 bits per heavy atom. The van der Waals surface area contributed by atoms with Gasteiger partial charge in [0.2, 0.25) is 0 Å². The van der Waals surface area contributed by atoms with Crippen LogP contribution in [0, 0.1) is 0 Å². The number of imidazole rings is 1. The summed E-state index contributed by atoms with van der Waals surface area (Å²) in [6.07, 6.45) is 3.14. The zero-order valence-corrected chi connectivity index (χ0v) is 14.9. The number of hydrogen-bond donors (Lipinski definition) is 3. The van der Waals surface area contributed by atoms with E-state index >= 15 is 0 Å². The summed E-state index contributed by atoms with van der Waals surface area (Å²) < 4.78 is 1.81. The molecule has 3 aromatic rings. The molecule has 0 unspecified atom stereocenters. The molecule has 0 amide bonds. The number of aryl methyl sites for hydroxylation is 1. The number of fused-ring (bicyclic) bond motifs is 1. The van der Waals surface area contributed by atoms with Crippen molar-refractivity contribution in [2.24, 2.45) is 0 Å². The average Bonchev–Trinajstić information content (AvgIpc) is 3.00. The SMILES string of the molecule is O=c1[nH]c(NCc2ccc(Cl)c(Cl)c2)cc2ncn(CCCCO)c12. The Morgan fingerprint density at radius 2 is 2.04 bits per heavy atom. The number of H-pyrrole nitrogens is 1. The third kappa shape index (κ3) is 4.15. The normalized spacial score (nSPS) is 11.2. The van der Waals surface area contributed by atoms with Gasteiger partial charge in [0.1, 0.15) is 11.3 Å². The Morgan fingerprint density at radius 3 is 2.80 bits per heavy atom. The lowest BCUT2D eigenvalue weighted by molar-refractivity contribution is 0.281. The van der Waals surface area contributed by atoms with Gasteiger partial charge < -0.3 is 20.0 Å². The highest BCUT2D eigenvalue weighted by Crippen LogP contribution is 2.23. The van der Waals surface area contributed by atoms with E-state index in [0.717, 1.165) is 12.0 Å². The van der Waals surface area contributed by atoms with E-state index in [2.05, 4.69) is 15.3 Å². The summed E-state index contributed by atoms with van der Waals surface area (Å²) in [5, 5.41) is 13.0. The highest BCUT2D eigenvalue weighted by molar-refractivity contribution is 6.42. The first-order valence-electron chi connectivity index (χ1n) is 7.95. The van der Waals surface area contributed by atoms with Gasteiger partial charge in [-0.1, -0.05) is 29.3 Å². The lowest BCUT2D eigenvalue weighted by Gasteiger charge is -2.08. The molecule has 0 aliphatic heterocycles. The van der Waals surface area contributed by atoms with E-state index in [9.17, 15) is 4.79 Å². The first-order valence-corrected chi connectivity index (χ1v) is 8.71. The molecule has 2 aromatic heterocycles. The zero-order chi connectivity index (χ0) is 17.8. The molecule has 8 heteroatoms. The van der Waals surface area contributed by atoms with Gasteiger partial charge in [-0.05, 0) is 30.5 Å². The molecular weight excluding hydrogens is 363 g/mol. The minimum atomic E-state index is -0.198. The number of benzene rings is 1. The number of rotatable bonds is 7. The number of unbranched alkanes of at least 4 members (excludes halogenated alkanes) is 1. The molecule has 0 bridgehead atoms. The van der Waals surface area contributed by atoms with E-state index in [1.807, 2.05) is 10.6 Å². The second-order valence-electron chi connectivity index (χ2n) is 5.72. The predicted octanol–water partition coefficient (Wildman–Crippen LogP) is 3.42. The largest absolute Gasteiger partial charge is 0.396 e. The fourth-order valence-corrected chi connectivity index (χ4v) is 2.93. The molecule has 0 fully saturated rings. The van der Waals surface area contributed by atoms with E-state index in [1.165, 1.54) is 0 Å². The summed E-state index contributed by atoms with van der Waals surface area (Å²) in [5.74, 6) is 0.587. The second-order valence-corrected chi connectivity index (χ2v) is 6.53. The molecule has 0 saturated heterocycles. The molecular formula is C17H18Cl2N4O2. The van der Waals surface area contributed by atoms with Crippen molar-refractivity contribution in [3.63, 3.8) is 0 Å². The maximum Gasteiger partial charge on any atom is 0.275 e. The van der Waals surface area contributed by atoms with Crippen LogP contribution in [0.2, 0.25) is 10.0 Å². The van der Waals surface area contributed by atoms with E-state index < -0.39 is 0 Å². The third-order valence-electron chi connectivity index (χ3n) is 3.88. The van der Waals surface area contributed by atoms with Gasteiger partial charge in [-0.3, -0.25) is 4.79 Å². The molecule has 25 heavy (non-hydrogen) atoms. The van der Waals surface area contributed by atoms with Crippen molar-refractivity contribution in [3.8, 4) is 0 Å². The number of aromatic amines is 1. The van der Waals surface area contributed by atoms with E-state index in [1.54, 1.807) is 24.5 Å². The molecule has 1 aromatic carbocycles. The second kappa shape index (κ2) is 7.91. The smallest absolute Gasteiger partial charge is 0.275 e. The number of pyridine rings is 1. The van der Waals surface area contributed by atoms with Crippen LogP contribution in [0.5, 0.6) is 0 Å². The molecule has 0 atom stereocenters. The van der Waals surface area contributed by atoms with E-state index in [0.29, 0.717) is 46.4 Å². The van der Waals surface area contributed by atoms with Gasteiger partial charge in [0.25, 0.3) is 5.56 Å². The number of aliphatic hydroxyl groups is 1. The molecule has 0 aliphatic carbocycles. The van der Waals surface area contributed by atoms with Crippen molar-refractivity contribution in [2.45, 2.75) is 25.9 Å². The van der Waals surface area contributed by atoms with Crippen molar-refractivity contribution in [1.29, 1.82) is 0 Å². The standard InChI is InChI=1S/C17H18Cl2N4O2/c18-12-4-3-11(7-13(12)19)9-20-15-8-14-16(17(25)22-15)23(10-21-14)5-1-2-6-24/h3-4,7-8,10,24H,1-2,5-6,9H2,(H2,20,22,25). The van der Waals surface area contributed by atoms with Crippen LogP contribution in [0.15, 0.2) is 35.4 Å². The van der Waals surface area contributed by atoms with Crippen molar-refractivity contribution in [3.05, 3.63) is 56.6 Å². The van der Waals surface area contributed by atoms with E-state index in [-0.39, 0.29) is 12.2 Å². The maximum atomic E-state index is 12.4. The number of anilines is 1. The van der Waals surface area contributed by atoms with E-state index in [4.69, 9.17) is 28.3 Å². The lowest BCUT2D eigenvalue weighted by Crippen LogP contribution is -2.14. The summed E-state index contributed by atoms with van der Waals surface area (Å²) in [4.78, 5) is 19.5. The van der Waals surface area contributed by atoms with Gasteiger partial charge in [-0.25, -0.2) is 4.98 Å². The minimum absolute atomic E-state index is 0.145. The van der Waals surface area contributed by atoms with Gasteiger partial charge in [0, 0.05) is 25.8 Å². The lowest BCUT2D eigenvalue weighted by atomic mass is 10.2. The fourth-order valence-electron chi connectivity index (χ4n) is 2.61. The maximum absolute atomic E-state index is 12.4. The summed E-state index contributed by atoms with van der Waals surface area (Å²) in [6.45, 7) is 1.29. The fraction of sp³-hybridized carbons (Fsp3) is 0.294. The molecule has 2 heterocycles. The van der Waals surface area contributed by atoms with Crippen LogP contribution in [0.4, 0.5) is 5.82 Å². The highest BCUT2D eigenvalue weighted by atomic mass is 35.5. The first-order chi connectivity index (χ1) is 12.1. The molecule has 0 aliphatic rings. The van der Waals surface area contributed by atoms with Crippen molar-refractivity contribution in [2.75, 3.05) is 11.9 Å². The van der Waals surface area contributed by atoms with Gasteiger partial charge >= 0.3 is 0 Å². The third-order valence-corrected chi connectivity index (χ3v) is 4.62. The highest BCUT2D eigenvalue weighted by Gasteiger charge is 2.09. The number of halogens is 2. The van der Waals surface area contributed by atoms with Crippen molar-refractivity contribution < 1.29 is 5.11 Å². The van der Waals surface area contributed by atoms with Gasteiger partial charge in [0.05, 0.1) is 21.9 Å². The topological polar surface area (TPSA) is 82.9 Å². The Balaban J connectivity index is 1.76. The number of hydrogen-bond acceptors (Lipinski definition) is 4. The van der Waals surface area contributed by atoms with Crippen molar-refractivity contribution in [1.82, 2.24) is 14.5 Å². The summed E-state index contributed by atoms with van der Waals surface area (Å²) in [5.41, 5.74) is 1.92. The van der Waals surface area contributed by atoms with Gasteiger partial charge in [-0.15, -0.1) is 0 Å². The molecule has 0 spiro atoms. The average molecular weight is 381 g/mol. The molecule has 0 radical (unpaired) electrons. The first kappa shape index (κ1) is 17.8. The van der Waals surface area contributed by atoms with Crippen LogP contribution in [0.1, 0.15) is 18.4 Å². The quantitative estimate of drug-likeness (QED) is 0.548. The Kier molecular flexibility index (Phi) is 5.63. The Labute approximate surface area is 154 Å². The number of nitrogens with zero attached hydrogens (tertiary/aromatic N) is 2. The molecule has 132 valence electrons. The van der Waals surface area contributed by atoms with Crippen LogP contribution < -0.4 is 10.9 Å². The van der Waals surface area contributed by atoms with Crippen LogP contribution in [0.3, 0.4) is 0 Å². The summed E-state index contributed by atoms with van der Waals surface area (Å²) in [6, 6.07) is 7.19. The Hall–Kier alpha value is -2.02.